The molecule has 0 fully saturated rings. The Morgan fingerprint density at radius 1 is 1.00 bits per heavy atom. The lowest BCUT2D eigenvalue weighted by Gasteiger charge is -2.11. The minimum absolute atomic E-state index is 0.0210. The Hall–Kier alpha value is -3.35. The topological polar surface area (TPSA) is 128 Å². The molecule has 0 saturated carbocycles. The van der Waals surface area contributed by atoms with Crippen LogP contribution in [0.1, 0.15) is 0 Å². The summed E-state index contributed by atoms with van der Waals surface area (Å²) in [6.07, 6.45) is -0.965. The van der Waals surface area contributed by atoms with Crippen LogP contribution in [0.15, 0.2) is 48.5 Å². The van der Waals surface area contributed by atoms with Crippen molar-refractivity contribution in [2.75, 3.05) is 10.0 Å². The lowest BCUT2D eigenvalue weighted by atomic mass is 10.3. The minimum atomic E-state index is -5.55. The monoisotopic (exact) mass is 405 g/mol. The first-order valence-corrected chi connectivity index (χ1v) is 8.39. The molecule has 0 saturated heterocycles. The highest BCUT2D eigenvalue weighted by Gasteiger charge is 2.46. The van der Waals surface area contributed by atoms with Gasteiger partial charge >= 0.3 is 21.6 Å². The summed E-state index contributed by atoms with van der Waals surface area (Å²) in [5.41, 5.74) is -5.91. The molecule has 0 atom stereocenters. The molecule has 2 N–H and O–H groups in total. The van der Waals surface area contributed by atoms with Crippen molar-refractivity contribution >= 4 is 33.2 Å². The quantitative estimate of drug-likeness (QED) is 0.579. The van der Waals surface area contributed by atoms with Gasteiger partial charge in [0.25, 0.3) is 5.69 Å². The lowest BCUT2D eigenvalue weighted by molar-refractivity contribution is -0.384. The number of ether oxygens (including phenoxy) is 1. The summed E-state index contributed by atoms with van der Waals surface area (Å²) < 4.78 is 65.0. The third-order valence-electron chi connectivity index (χ3n) is 2.95. The van der Waals surface area contributed by atoms with E-state index in [0.29, 0.717) is 0 Å². The molecule has 0 aromatic heterocycles. The van der Waals surface area contributed by atoms with Gasteiger partial charge < -0.3 is 4.74 Å². The zero-order valence-electron chi connectivity index (χ0n) is 13.1. The van der Waals surface area contributed by atoms with Crippen molar-refractivity contribution in [3.63, 3.8) is 0 Å². The number of amides is 1. The van der Waals surface area contributed by atoms with Crippen LogP contribution < -0.4 is 14.8 Å². The maximum absolute atomic E-state index is 12.3. The van der Waals surface area contributed by atoms with E-state index in [0.717, 1.165) is 36.4 Å². The van der Waals surface area contributed by atoms with Crippen molar-refractivity contribution in [1.29, 1.82) is 0 Å². The molecule has 0 spiro atoms. The van der Waals surface area contributed by atoms with E-state index in [-0.39, 0.29) is 22.8 Å². The van der Waals surface area contributed by atoms with Crippen LogP contribution in [-0.4, -0.2) is 24.9 Å². The minimum Gasteiger partial charge on any atom is -0.410 e. The molecule has 0 aliphatic heterocycles. The third kappa shape index (κ3) is 5.31. The highest BCUT2D eigenvalue weighted by molar-refractivity contribution is 7.93. The van der Waals surface area contributed by atoms with Gasteiger partial charge in [-0.2, -0.15) is 21.6 Å². The number of carbonyl (C=O) groups excluding carboxylic acids is 1. The number of nitrogens with zero attached hydrogens (tertiary/aromatic N) is 1. The predicted octanol–water partition coefficient (Wildman–Crippen LogP) is 3.47. The van der Waals surface area contributed by atoms with Crippen molar-refractivity contribution < 1.29 is 36.0 Å². The number of nitrogens with one attached hydrogen (secondary N) is 2. The van der Waals surface area contributed by atoms with Crippen LogP contribution in [-0.2, 0) is 10.0 Å². The average Bonchev–Trinajstić information content (AvgIpc) is 2.56. The molecular weight excluding hydrogens is 395 g/mol. The molecule has 144 valence electrons. The molecular formula is C14H10F3N3O6S. The molecule has 13 heteroatoms. The van der Waals surface area contributed by atoms with Gasteiger partial charge in [-0.15, -0.1) is 0 Å². The summed E-state index contributed by atoms with van der Waals surface area (Å²) in [5, 5.41) is 12.8. The number of halogens is 3. The summed E-state index contributed by atoms with van der Waals surface area (Å²) in [6, 6.07) is 8.96. The summed E-state index contributed by atoms with van der Waals surface area (Å²) in [6.45, 7) is 0. The number of benzene rings is 2. The zero-order valence-corrected chi connectivity index (χ0v) is 13.9. The smallest absolute Gasteiger partial charge is 0.410 e. The second-order valence-corrected chi connectivity index (χ2v) is 6.57. The van der Waals surface area contributed by atoms with E-state index in [1.165, 1.54) is 16.9 Å². The van der Waals surface area contributed by atoms with Gasteiger partial charge in [0, 0.05) is 23.5 Å². The van der Waals surface area contributed by atoms with Gasteiger partial charge in [-0.3, -0.25) is 20.2 Å². The van der Waals surface area contributed by atoms with Crippen molar-refractivity contribution in [3.05, 3.63) is 58.6 Å². The highest BCUT2D eigenvalue weighted by atomic mass is 32.2. The first-order valence-electron chi connectivity index (χ1n) is 6.90. The van der Waals surface area contributed by atoms with Gasteiger partial charge in [0.05, 0.1) is 4.92 Å². The van der Waals surface area contributed by atoms with Crippen LogP contribution in [0.4, 0.5) is 35.0 Å². The number of rotatable bonds is 5. The number of sulfonamides is 1. The average molecular weight is 405 g/mol. The van der Waals surface area contributed by atoms with Crippen LogP contribution in [0.25, 0.3) is 0 Å². The van der Waals surface area contributed by atoms with Crippen LogP contribution in [0.2, 0.25) is 0 Å². The Bertz CT molecular complexity index is 944. The van der Waals surface area contributed by atoms with Crippen molar-refractivity contribution in [1.82, 2.24) is 0 Å². The van der Waals surface area contributed by atoms with Gasteiger partial charge in [-0.25, -0.2) is 4.79 Å². The molecule has 0 aliphatic carbocycles. The summed E-state index contributed by atoms with van der Waals surface area (Å²) in [5.74, 6) is 0.0210. The van der Waals surface area contributed by atoms with Crippen molar-refractivity contribution in [2.24, 2.45) is 0 Å². The van der Waals surface area contributed by atoms with Crippen LogP contribution in [0.3, 0.4) is 0 Å². The molecule has 1 amide bonds. The fraction of sp³-hybridized carbons (Fsp3) is 0.0714. The maximum atomic E-state index is 12.3. The molecule has 2 rings (SSSR count). The zero-order chi connectivity index (χ0) is 20.2. The van der Waals surface area contributed by atoms with E-state index in [4.69, 9.17) is 4.74 Å². The molecule has 27 heavy (non-hydrogen) atoms. The van der Waals surface area contributed by atoms with E-state index in [1.807, 2.05) is 0 Å². The molecule has 0 radical (unpaired) electrons. The predicted molar refractivity (Wildman–Crippen MR) is 87.8 cm³/mol. The van der Waals surface area contributed by atoms with E-state index < -0.39 is 26.5 Å². The Balaban J connectivity index is 1.97. The molecule has 9 nitrogen and oxygen atoms in total. The maximum Gasteiger partial charge on any atom is 0.516 e. The third-order valence-corrected chi connectivity index (χ3v) is 4.06. The van der Waals surface area contributed by atoms with Crippen LogP contribution in [0.5, 0.6) is 5.75 Å². The molecule has 0 bridgehead atoms. The Morgan fingerprint density at radius 3 is 2.00 bits per heavy atom. The number of anilines is 2. The number of alkyl halides is 3. The molecule has 2 aromatic carbocycles. The van der Waals surface area contributed by atoms with Crippen LogP contribution in [0, 0.1) is 10.1 Å². The van der Waals surface area contributed by atoms with Crippen LogP contribution >= 0.6 is 0 Å². The number of non-ortho nitro benzene ring substituents is 1. The SMILES string of the molecule is O=C(Nc1ccc(NS(=O)(=O)C(F)(F)F)cc1)Oc1ccc([N+](=O)[O-])cc1. The Morgan fingerprint density at radius 2 is 1.52 bits per heavy atom. The standard InChI is InChI=1S/C14H10F3N3O6S/c15-14(16,17)27(24,25)19-10-3-1-9(2-4-10)18-13(21)26-12-7-5-11(6-8-12)20(22)23/h1-8,19H,(H,18,21). The summed E-state index contributed by atoms with van der Waals surface area (Å²) in [7, 11) is -5.55. The van der Waals surface area contributed by atoms with Crippen molar-refractivity contribution in [2.45, 2.75) is 5.51 Å². The van der Waals surface area contributed by atoms with E-state index >= 15 is 0 Å². The highest BCUT2D eigenvalue weighted by Crippen LogP contribution is 2.26. The second-order valence-electron chi connectivity index (χ2n) is 4.89. The number of hydrogen-bond donors (Lipinski definition) is 2. The van der Waals surface area contributed by atoms with E-state index in [2.05, 4.69) is 5.32 Å². The first-order chi connectivity index (χ1) is 12.5. The Labute approximate surface area is 150 Å². The normalized spacial score (nSPS) is 11.5. The van der Waals surface area contributed by atoms with E-state index in [9.17, 15) is 36.5 Å². The number of nitro benzene ring substituents is 1. The van der Waals surface area contributed by atoms with Gasteiger partial charge in [-0.1, -0.05) is 0 Å². The second kappa shape index (κ2) is 7.49. The van der Waals surface area contributed by atoms with Gasteiger partial charge in [0.2, 0.25) is 0 Å². The van der Waals surface area contributed by atoms with Gasteiger partial charge in [-0.05, 0) is 36.4 Å². The Kier molecular flexibility index (Phi) is 5.54. The summed E-state index contributed by atoms with van der Waals surface area (Å²) >= 11 is 0. The van der Waals surface area contributed by atoms with Gasteiger partial charge in [0.15, 0.2) is 0 Å². The molecule has 2 aromatic rings. The fourth-order valence-electron chi connectivity index (χ4n) is 1.72. The number of carbonyl (C=O) groups is 1. The molecule has 0 heterocycles. The molecule has 0 unspecified atom stereocenters. The lowest BCUT2D eigenvalue weighted by Crippen LogP contribution is -2.29. The number of nitro groups is 1. The first kappa shape index (κ1) is 20.0. The van der Waals surface area contributed by atoms with E-state index in [1.54, 1.807) is 0 Å². The molecule has 0 aliphatic rings. The summed E-state index contributed by atoms with van der Waals surface area (Å²) in [4.78, 5) is 21.6. The fourth-order valence-corrected chi connectivity index (χ4v) is 2.28. The van der Waals surface area contributed by atoms with Gasteiger partial charge in [0.1, 0.15) is 5.75 Å². The number of hydrogen-bond acceptors (Lipinski definition) is 6. The largest absolute Gasteiger partial charge is 0.516 e. The van der Waals surface area contributed by atoms with Crippen molar-refractivity contribution in [3.8, 4) is 5.75 Å².